The van der Waals surface area contributed by atoms with E-state index in [1.165, 1.54) is 28.9 Å². The maximum absolute atomic E-state index is 14.2. The molecular weight excluding hydrogens is 460 g/mol. The molecular formula is C26H31F2NO4S. The number of hydrogen-bond acceptors (Lipinski definition) is 5. The fraction of sp³-hybridized carbons (Fsp3) is 0.462. The van der Waals surface area contributed by atoms with Gasteiger partial charge in [0.25, 0.3) is 5.91 Å². The molecule has 2 aromatic rings. The van der Waals surface area contributed by atoms with Crippen LogP contribution >= 0.6 is 11.3 Å². The van der Waals surface area contributed by atoms with Crippen LogP contribution in [-0.4, -0.2) is 53.6 Å². The monoisotopic (exact) mass is 491 g/mol. The number of amides is 1. The fourth-order valence-electron chi connectivity index (χ4n) is 4.05. The molecule has 1 fully saturated rings. The van der Waals surface area contributed by atoms with Crippen molar-refractivity contribution in [3.63, 3.8) is 0 Å². The van der Waals surface area contributed by atoms with E-state index in [0.29, 0.717) is 17.7 Å². The standard InChI is InChI=1S/C26H31F2NO4S/c1-18(10-11-19-7-4-3-5-8-19)22(30)14-12-20-17-26(27,28)25(32)29(20)16-6-9-21-13-15-23(34-21)24(31)33-2/h3-5,7-8,12-15,18,20,22,30H,6,9-11,16-17H2,1-2H3/b14-12+/t18-,20-,22-/m0/s1. The Morgan fingerprint density at radius 2 is 2.00 bits per heavy atom. The van der Waals surface area contributed by atoms with Crippen LogP contribution in [0.5, 0.6) is 0 Å². The first-order valence-corrected chi connectivity index (χ1v) is 12.3. The third-order valence-corrected chi connectivity index (χ3v) is 7.28. The summed E-state index contributed by atoms with van der Waals surface area (Å²) < 4.78 is 33.0. The van der Waals surface area contributed by atoms with E-state index >= 15 is 0 Å². The minimum atomic E-state index is -3.40. The highest BCUT2D eigenvalue weighted by Gasteiger charge is 2.52. The Bertz CT molecular complexity index is 992. The number of aryl methyl sites for hydroxylation is 2. The third kappa shape index (κ3) is 6.73. The van der Waals surface area contributed by atoms with Gasteiger partial charge in [-0.2, -0.15) is 8.78 Å². The first-order valence-electron chi connectivity index (χ1n) is 11.5. The predicted octanol–water partition coefficient (Wildman–Crippen LogP) is 4.89. The van der Waals surface area contributed by atoms with Crippen LogP contribution in [0.1, 0.15) is 46.3 Å². The van der Waals surface area contributed by atoms with Crippen molar-refractivity contribution >= 4 is 23.2 Å². The quantitative estimate of drug-likeness (QED) is 0.359. The second kappa shape index (κ2) is 11.7. The van der Waals surface area contributed by atoms with Crippen molar-refractivity contribution in [2.24, 2.45) is 5.92 Å². The molecule has 3 rings (SSSR count). The molecule has 0 unspecified atom stereocenters. The van der Waals surface area contributed by atoms with E-state index in [0.717, 1.165) is 17.7 Å². The van der Waals surface area contributed by atoms with Crippen LogP contribution in [-0.2, 0) is 22.4 Å². The second-order valence-electron chi connectivity index (χ2n) is 8.71. The number of hydrogen-bond donors (Lipinski definition) is 1. The molecule has 184 valence electrons. The summed E-state index contributed by atoms with van der Waals surface area (Å²) >= 11 is 1.30. The van der Waals surface area contributed by atoms with Gasteiger partial charge in [0.05, 0.1) is 19.3 Å². The summed E-state index contributed by atoms with van der Waals surface area (Å²) in [6, 6.07) is 12.7. The normalized spacial score (nSPS) is 19.5. The van der Waals surface area contributed by atoms with E-state index in [-0.39, 0.29) is 12.5 Å². The van der Waals surface area contributed by atoms with Gasteiger partial charge in [-0.25, -0.2) is 4.79 Å². The molecule has 0 saturated carbocycles. The number of aliphatic hydroxyl groups is 1. The van der Waals surface area contributed by atoms with Gasteiger partial charge in [0.15, 0.2) is 0 Å². The molecule has 8 heteroatoms. The van der Waals surface area contributed by atoms with Crippen molar-refractivity contribution in [1.82, 2.24) is 4.90 Å². The highest BCUT2D eigenvalue weighted by Crippen LogP contribution is 2.34. The van der Waals surface area contributed by atoms with E-state index in [9.17, 15) is 23.5 Å². The molecule has 2 heterocycles. The lowest BCUT2D eigenvalue weighted by Crippen LogP contribution is -2.36. The fourth-order valence-corrected chi connectivity index (χ4v) is 5.02. The largest absolute Gasteiger partial charge is 0.465 e. The summed E-state index contributed by atoms with van der Waals surface area (Å²) in [7, 11) is 1.32. The van der Waals surface area contributed by atoms with Gasteiger partial charge < -0.3 is 14.7 Å². The summed E-state index contributed by atoms with van der Waals surface area (Å²) in [6.07, 6.45) is 4.35. The molecule has 5 nitrogen and oxygen atoms in total. The van der Waals surface area contributed by atoms with Crippen molar-refractivity contribution in [3.05, 3.63) is 69.9 Å². The number of alkyl halides is 2. The van der Waals surface area contributed by atoms with Gasteiger partial charge in [-0.1, -0.05) is 49.4 Å². The molecule has 1 aromatic carbocycles. The maximum Gasteiger partial charge on any atom is 0.348 e. The molecule has 0 radical (unpaired) electrons. The molecule has 0 aliphatic carbocycles. The van der Waals surface area contributed by atoms with Crippen LogP contribution < -0.4 is 0 Å². The Balaban J connectivity index is 1.54. The van der Waals surface area contributed by atoms with Crippen LogP contribution in [0.2, 0.25) is 0 Å². The number of likely N-dealkylation sites (tertiary alicyclic amines) is 1. The molecule has 0 spiro atoms. The average Bonchev–Trinajstić information content (AvgIpc) is 3.39. The summed E-state index contributed by atoms with van der Waals surface area (Å²) in [6.45, 7) is 2.10. The Morgan fingerprint density at radius 1 is 1.26 bits per heavy atom. The van der Waals surface area contributed by atoms with Crippen molar-refractivity contribution < 1.29 is 28.2 Å². The number of aliphatic hydroxyl groups excluding tert-OH is 1. The maximum atomic E-state index is 14.2. The number of carbonyl (C=O) groups is 2. The number of ether oxygens (including phenoxy) is 1. The average molecular weight is 492 g/mol. The van der Waals surface area contributed by atoms with Gasteiger partial charge in [0.1, 0.15) is 4.88 Å². The molecule has 3 atom stereocenters. The van der Waals surface area contributed by atoms with Gasteiger partial charge in [0, 0.05) is 17.8 Å². The lowest BCUT2D eigenvalue weighted by atomic mass is 9.95. The minimum absolute atomic E-state index is 0.0506. The highest BCUT2D eigenvalue weighted by atomic mass is 32.1. The van der Waals surface area contributed by atoms with Crippen LogP contribution in [0, 0.1) is 5.92 Å². The second-order valence-corrected chi connectivity index (χ2v) is 9.88. The number of halogens is 2. The van der Waals surface area contributed by atoms with Gasteiger partial charge in [0.2, 0.25) is 0 Å². The first-order chi connectivity index (χ1) is 16.2. The number of carbonyl (C=O) groups excluding carboxylic acids is 2. The zero-order valence-corrected chi connectivity index (χ0v) is 20.3. The zero-order valence-electron chi connectivity index (χ0n) is 19.5. The van der Waals surface area contributed by atoms with E-state index in [1.807, 2.05) is 43.3 Å². The smallest absolute Gasteiger partial charge is 0.348 e. The van der Waals surface area contributed by atoms with Crippen molar-refractivity contribution in [1.29, 1.82) is 0 Å². The molecule has 1 amide bonds. The number of rotatable bonds is 11. The SMILES string of the molecule is COC(=O)c1ccc(CCCN2C(=O)C(F)(F)C[C@@H]2/C=C/[C@H](O)[C@@H](C)CCc2ccccc2)s1. The molecule has 0 bridgehead atoms. The summed E-state index contributed by atoms with van der Waals surface area (Å²) in [5, 5.41) is 10.5. The Kier molecular flexibility index (Phi) is 8.97. The number of benzene rings is 1. The van der Waals surface area contributed by atoms with Crippen LogP contribution in [0.15, 0.2) is 54.6 Å². The lowest BCUT2D eigenvalue weighted by Gasteiger charge is -2.22. The Hall–Kier alpha value is -2.58. The topological polar surface area (TPSA) is 66.8 Å². The Labute approximate surface area is 203 Å². The number of methoxy groups -OCH3 is 1. The van der Waals surface area contributed by atoms with E-state index in [1.54, 1.807) is 18.2 Å². The number of thiophene rings is 1. The van der Waals surface area contributed by atoms with E-state index in [4.69, 9.17) is 4.74 Å². The molecule has 1 aliphatic heterocycles. The van der Waals surface area contributed by atoms with Crippen molar-refractivity contribution in [3.8, 4) is 0 Å². The number of esters is 1. The highest BCUT2D eigenvalue weighted by molar-refractivity contribution is 7.13. The van der Waals surface area contributed by atoms with Gasteiger partial charge in [-0.3, -0.25) is 4.79 Å². The summed E-state index contributed by atoms with van der Waals surface area (Å²) in [5.74, 6) is -5.03. The zero-order chi connectivity index (χ0) is 24.7. The lowest BCUT2D eigenvalue weighted by molar-refractivity contribution is -0.148. The van der Waals surface area contributed by atoms with Gasteiger partial charge in [-0.15, -0.1) is 11.3 Å². The number of nitrogens with zero attached hydrogens (tertiary/aromatic N) is 1. The van der Waals surface area contributed by atoms with Crippen LogP contribution in [0.3, 0.4) is 0 Å². The van der Waals surface area contributed by atoms with Gasteiger partial charge >= 0.3 is 11.9 Å². The van der Waals surface area contributed by atoms with Crippen LogP contribution in [0.25, 0.3) is 0 Å². The molecule has 1 N–H and O–H groups in total. The molecule has 34 heavy (non-hydrogen) atoms. The third-order valence-electron chi connectivity index (χ3n) is 6.15. The van der Waals surface area contributed by atoms with Gasteiger partial charge in [-0.05, 0) is 49.3 Å². The molecule has 1 saturated heterocycles. The Morgan fingerprint density at radius 3 is 2.71 bits per heavy atom. The summed E-state index contributed by atoms with van der Waals surface area (Å²) in [5.41, 5.74) is 1.18. The molecule has 1 aliphatic rings. The first kappa shape index (κ1) is 26.0. The van der Waals surface area contributed by atoms with E-state index in [2.05, 4.69) is 0 Å². The minimum Gasteiger partial charge on any atom is -0.465 e. The predicted molar refractivity (Wildman–Crippen MR) is 128 cm³/mol. The summed E-state index contributed by atoms with van der Waals surface area (Å²) in [4.78, 5) is 26.5. The molecule has 1 aromatic heterocycles. The van der Waals surface area contributed by atoms with Crippen molar-refractivity contribution in [2.75, 3.05) is 13.7 Å². The van der Waals surface area contributed by atoms with Crippen molar-refractivity contribution in [2.45, 2.75) is 57.1 Å². The van der Waals surface area contributed by atoms with Crippen LogP contribution in [0.4, 0.5) is 8.78 Å². The van der Waals surface area contributed by atoms with E-state index < -0.39 is 36.4 Å².